The van der Waals surface area contributed by atoms with Crippen molar-refractivity contribution in [1.29, 1.82) is 0 Å². The van der Waals surface area contributed by atoms with Gasteiger partial charge >= 0.3 is 0 Å². The molecule has 0 radical (unpaired) electrons. The summed E-state index contributed by atoms with van der Waals surface area (Å²) in [6, 6.07) is 12.9. The molecule has 2 rings (SSSR count). The number of hydrogen-bond acceptors (Lipinski definition) is 5. The Kier molecular flexibility index (Phi) is 9.28. The molecular weight excluding hydrogens is 354 g/mol. The summed E-state index contributed by atoms with van der Waals surface area (Å²) in [5.74, 6) is 0.860. The van der Waals surface area contributed by atoms with Crippen LogP contribution in [0.25, 0.3) is 11.1 Å². The van der Waals surface area contributed by atoms with Crippen LogP contribution >= 0.6 is 0 Å². The Hall–Kier alpha value is -2.08. The SMILES string of the molecule is COCCOCCOCCOc1ccc(-c2cc(C)ccc2C)cc1N(C)C. The molecule has 0 unspecified atom stereocenters. The average Bonchev–Trinajstić information content (AvgIpc) is 2.68. The molecule has 0 spiro atoms. The predicted molar refractivity (Wildman–Crippen MR) is 115 cm³/mol. The highest BCUT2D eigenvalue weighted by atomic mass is 16.6. The lowest BCUT2D eigenvalue weighted by Crippen LogP contribution is -2.14. The molecule has 154 valence electrons. The molecule has 0 aromatic heterocycles. The maximum absolute atomic E-state index is 5.96. The summed E-state index contributed by atoms with van der Waals surface area (Å²) in [5, 5.41) is 0. The molecule has 0 aliphatic carbocycles. The van der Waals surface area contributed by atoms with Gasteiger partial charge in [-0.3, -0.25) is 0 Å². The highest BCUT2D eigenvalue weighted by Crippen LogP contribution is 2.34. The summed E-state index contributed by atoms with van der Waals surface area (Å²) in [5.41, 5.74) is 6.04. The van der Waals surface area contributed by atoms with Crippen molar-refractivity contribution in [1.82, 2.24) is 0 Å². The molecule has 0 aliphatic heterocycles. The van der Waals surface area contributed by atoms with Gasteiger partial charge in [-0.2, -0.15) is 0 Å². The third kappa shape index (κ3) is 6.82. The number of anilines is 1. The second-order valence-corrected chi connectivity index (χ2v) is 6.96. The van der Waals surface area contributed by atoms with E-state index in [1.165, 1.54) is 22.3 Å². The van der Waals surface area contributed by atoms with E-state index in [2.05, 4.69) is 49.1 Å². The molecule has 2 aromatic carbocycles. The molecule has 0 amide bonds. The van der Waals surface area contributed by atoms with Crippen LogP contribution in [-0.2, 0) is 14.2 Å². The van der Waals surface area contributed by atoms with Gasteiger partial charge in [0.1, 0.15) is 12.4 Å². The fourth-order valence-corrected chi connectivity index (χ4v) is 2.88. The quantitative estimate of drug-likeness (QED) is 0.513. The molecule has 0 saturated heterocycles. The van der Waals surface area contributed by atoms with Gasteiger partial charge in [-0.05, 0) is 42.7 Å². The van der Waals surface area contributed by atoms with Crippen molar-refractivity contribution in [2.75, 3.05) is 65.7 Å². The highest BCUT2D eigenvalue weighted by molar-refractivity contribution is 5.74. The average molecular weight is 388 g/mol. The van der Waals surface area contributed by atoms with Gasteiger partial charge in [0.15, 0.2) is 0 Å². The molecule has 0 atom stereocenters. The lowest BCUT2D eigenvalue weighted by molar-refractivity contribution is 0.0180. The maximum Gasteiger partial charge on any atom is 0.142 e. The Bertz CT molecular complexity index is 731. The first-order valence-corrected chi connectivity index (χ1v) is 9.69. The molecule has 0 bridgehead atoms. The molecule has 0 aliphatic rings. The largest absolute Gasteiger partial charge is 0.489 e. The number of hydrogen-bond donors (Lipinski definition) is 0. The minimum absolute atomic E-state index is 0.502. The number of aryl methyl sites for hydroxylation is 2. The van der Waals surface area contributed by atoms with Crippen LogP contribution in [-0.4, -0.2) is 60.8 Å². The lowest BCUT2D eigenvalue weighted by Gasteiger charge is -2.20. The lowest BCUT2D eigenvalue weighted by atomic mass is 9.98. The van der Waals surface area contributed by atoms with E-state index >= 15 is 0 Å². The third-order valence-electron chi connectivity index (χ3n) is 4.43. The second kappa shape index (κ2) is 11.7. The maximum atomic E-state index is 5.96. The van der Waals surface area contributed by atoms with Crippen molar-refractivity contribution < 1.29 is 18.9 Å². The van der Waals surface area contributed by atoms with Crippen molar-refractivity contribution in [3.63, 3.8) is 0 Å². The standard InChI is InChI=1S/C23H33NO4/c1-18-6-7-19(2)21(16-18)20-8-9-23(22(17-20)24(3)4)28-15-14-27-13-12-26-11-10-25-5/h6-9,16-17H,10-15H2,1-5H3. The first-order valence-electron chi connectivity index (χ1n) is 9.69. The molecule has 5 nitrogen and oxygen atoms in total. The van der Waals surface area contributed by atoms with Crippen molar-refractivity contribution in [2.45, 2.75) is 13.8 Å². The van der Waals surface area contributed by atoms with E-state index in [-0.39, 0.29) is 0 Å². The molecule has 0 saturated carbocycles. The summed E-state index contributed by atoms with van der Waals surface area (Å²) in [7, 11) is 5.72. The summed E-state index contributed by atoms with van der Waals surface area (Å²) in [6.45, 7) is 7.61. The number of methoxy groups -OCH3 is 1. The normalized spacial score (nSPS) is 10.9. The molecule has 2 aromatic rings. The highest BCUT2D eigenvalue weighted by Gasteiger charge is 2.10. The summed E-state index contributed by atoms with van der Waals surface area (Å²) in [4.78, 5) is 2.08. The fourth-order valence-electron chi connectivity index (χ4n) is 2.88. The van der Waals surface area contributed by atoms with Crippen molar-refractivity contribution in [3.8, 4) is 16.9 Å². The molecular formula is C23H33NO4. The molecule has 0 N–H and O–H groups in total. The van der Waals surface area contributed by atoms with Gasteiger partial charge in [0.2, 0.25) is 0 Å². The predicted octanol–water partition coefficient (Wildman–Crippen LogP) is 4.09. The summed E-state index contributed by atoms with van der Waals surface area (Å²) in [6.07, 6.45) is 0. The van der Waals surface area contributed by atoms with Crippen LogP contribution in [0.2, 0.25) is 0 Å². The Morgan fingerprint density at radius 1 is 0.786 bits per heavy atom. The van der Waals surface area contributed by atoms with Gasteiger partial charge < -0.3 is 23.8 Å². The first-order chi connectivity index (χ1) is 13.5. The molecule has 5 heteroatoms. The zero-order valence-electron chi connectivity index (χ0n) is 17.8. The topological polar surface area (TPSA) is 40.2 Å². The zero-order valence-corrected chi connectivity index (χ0v) is 17.8. The Morgan fingerprint density at radius 3 is 2.14 bits per heavy atom. The second-order valence-electron chi connectivity index (χ2n) is 6.96. The summed E-state index contributed by atoms with van der Waals surface area (Å²) < 4.78 is 21.8. The number of ether oxygens (including phenoxy) is 4. The van der Waals surface area contributed by atoms with Crippen molar-refractivity contribution in [3.05, 3.63) is 47.5 Å². The molecule has 0 heterocycles. The van der Waals surface area contributed by atoms with Crippen LogP contribution in [0.15, 0.2) is 36.4 Å². The van der Waals surface area contributed by atoms with E-state index in [4.69, 9.17) is 18.9 Å². The Morgan fingerprint density at radius 2 is 1.46 bits per heavy atom. The van der Waals surface area contributed by atoms with Gasteiger partial charge in [-0.15, -0.1) is 0 Å². The number of rotatable bonds is 12. The van der Waals surface area contributed by atoms with Crippen molar-refractivity contribution in [2.24, 2.45) is 0 Å². The number of nitrogens with zero attached hydrogens (tertiary/aromatic N) is 1. The van der Waals surface area contributed by atoms with E-state index < -0.39 is 0 Å². The third-order valence-corrected chi connectivity index (χ3v) is 4.43. The fraction of sp³-hybridized carbons (Fsp3) is 0.478. The summed E-state index contributed by atoms with van der Waals surface area (Å²) >= 11 is 0. The molecule has 0 fully saturated rings. The van der Waals surface area contributed by atoms with Gasteiger partial charge in [-0.25, -0.2) is 0 Å². The van der Waals surface area contributed by atoms with Crippen LogP contribution < -0.4 is 9.64 Å². The van der Waals surface area contributed by atoms with E-state index in [9.17, 15) is 0 Å². The first kappa shape index (κ1) is 22.2. The van der Waals surface area contributed by atoms with Crippen LogP contribution in [0, 0.1) is 13.8 Å². The van der Waals surface area contributed by atoms with Gasteiger partial charge in [0, 0.05) is 21.2 Å². The van der Waals surface area contributed by atoms with Crippen LogP contribution in [0.1, 0.15) is 11.1 Å². The molecule has 28 heavy (non-hydrogen) atoms. The van der Waals surface area contributed by atoms with E-state index in [0.717, 1.165) is 11.4 Å². The number of benzene rings is 2. The van der Waals surface area contributed by atoms with Gasteiger partial charge in [-0.1, -0.05) is 29.8 Å². The van der Waals surface area contributed by atoms with Gasteiger partial charge in [0.05, 0.1) is 38.7 Å². The Balaban J connectivity index is 1.92. The van der Waals surface area contributed by atoms with Crippen LogP contribution in [0.3, 0.4) is 0 Å². The van der Waals surface area contributed by atoms with Crippen LogP contribution in [0.4, 0.5) is 5.69 Å². The minimum Gasteiger partial charge on any atom is -0.489 e. The van der Waals surface area contributed by atoms with E-state index in [1.54, 1.807) is 7.11 Å². The Labute approximate surface area is 169 Å². The van der Waals surface area contributed by atoms with E-state index in [1.807, 2.05) is 20.2 Å². The smallest absolute Gasteiger partial charge is 0.142 e. The minimum atomic E-state index is 0.502. The monoisotopic (exact) mass is 387 g/mol. The van der Waals surface area contributed by atoms with Crippen LogP contribution in [0.5, 0.6) is 5.75 Å². The van der Waals surface area contributed by atoms with Gasteiger partial charge in [0.25, 0.3) is 0 Å². The van der Waals surface area contributed by atoms with Crippen molar-refractivity contribution >= 4 is 5.69 Å². The van der Waals surface area contributed by atoms with E-state index in [0.29, 0.717) is 39.6 Å². The zero-order chi connectivity index (χ0) is 20.4.